The molecular weight excluding hydrogens is 380 g/mol. The Hall–Kier alpha value is -3.13. The van der Waals surface area contributed by atoms with Crippen molar-refractivity contribution in [1.82, 2.24) is 14.9 Å². The average molecular weight is 401 g/mol. The summed E-state index contributed by atoms with van der Waals surface area (Å²) in [6.45, 7) is 4.60. The molecule has 146 valence electrons. The minimum atomic E-state index is -0.293. The molecule has 1 aliphatic rings. The molecule has 1 saturated heterocycles. The Morgan fingerprint density at radius 2 is 2.07 bits per heavy atom. The van der Waals surface area contributed by atoms with Gasteiger partial charge in [-0.1, -0.05) is 18.2 Å². The largest absolute Gasteiger partial charge is 0.372 e. The molecule has 1 aromatic carbocycles. The van der Waals surface area contributed by atoms with E-state index >= 15 is 0 Å². The standard InChI is InChI=1S/C19H21ClN6O2/c1-3-16(27)23-13-6-4-12(5-7-13)18(28)26-9-8-14(11-26)24-19-22-10-15(20)17(21-2)25-19/h3-7,10,14H,1,8-9,11H2,2H3,(H,23,27)(H2,21,22,24,25)/t14-/m1/s1. The molecule has 0 unspecified atom stereocenters. The van der Waals surface area contributed by atoms with Crippen molar-refractivity contribution in [3.8, 4) is 0 Å². The van der Waals surface area contributed by atoms with Crippen molar-refractivity contribution in [1.29, 1.82) is 0 Å². The second-order valence-corrected chi connectivity index (χ2v) is 6.70. The number of rotatable bonds is 6. The van der Waals surface area contributed by atoms with Crippen molar-refractivity contribution in [3.05, 3.63) is 53.7 Å². The van der Waals surface area contributed by atoms with Gasteiger partial charge >= 0.3 is 0 Å². The maximum absolute atomic E-state index is 12.7. The van der Waals surface area contributed by atoms with Gasteiger partial charge in [-0.15, -0.1) is 0 Å². The first-order valence-corrected chi connectivity index (χ1v) is 9.17. The lowest BCUT2D eigenvalue weighted by molar-refractivity contribution is -0.111. The summed E-state index contributed by atoms with van der Waals surface area (Å²) >= 11 is 6.00. The number of amides is 2. The average Bonchev–Trinajstić information content (AvgIpc) is 3.17. The fourth-order valence-corrected chi connectivity index (χ4v) is 3.11. The topological polar surface area (TPSA) is 99.3 Å². The number of hydrogen-bond donors (Lipinski definition) is 3. The predicted molar refractivity (Wildman–Crippen MR) is 110 cm³/mol. The van der Waals surface area contributed by atoms with Crippen LogP contribution in [-0.4, -0.2) is 52.9 Å². The molecule has 1 aromatic heterocycles. The summed E-state index contributed by atoms with van der Waals surface area (Å²) in [4.78, 5) is 34.3. The Balaban J connectivity index is 1.59. The monoisotopic (exact) mass is 400 g/mol. The molecule has 0 bridgehead atoms. The van der Waals surface area contributed by atoms with Crippen LogP contribution in [0.5, 0.6) is 0 Å². The third-order valence-corrected chi connectivity index (χ3v) is 4.65. The number of carbonyl (C=O) groups excluding carboxylic acids is 2. The van der Waals surface area contributed by atoms with Crippen molar-refractivity contribution >= 4 is 40.9 Å². The molecule has 28 heavy (non-hydrogen) atoms. The van der Waals surface area contributed by atoms with Gasteiger partial charge in [0.2, 0.25) is 11.9 Å². The van der Waals surface area contributed by atoms with Gasteiger partial charge in [-0.05, 0) is 36.8 Å². The fourth-order valence-electron chi connectivity index (χ4n) is 2.93. The summed E-state index contributed by atoms with van der Waals surface area (Å²) < 4.78 is 0. The molecule has 0 aliphatic carbocycles. The lowest BCUT2D eigenvalue weighted by Crippen LogP contribution is -2.31. The van der Waals surface area contributed by atoms with Crippen molar-refractivity contribution in [2.75, 3.05) is 36.1 Å². The SMILES string of the molecule is C=CC(=O)Nc1ccc(C(=O)N2CC[C@@H](Nc3ncc(Cl)c(NC)n3)C2)cc1. The molecule has 1 atom stereocenters. The van der Waals surface area contributed by atoms with Crippen LogP contribution in [-0.2, 0) is 4.79 Å². The quantitative estimate of drug-likeness (QED) is 0.644. The number of halogens is 1. The highest BCUT2D eigenvalue weighted by Gasteiger charge is 2.27. The Bertz CT molecular complexity index is 886. The first-order valence-electron chi connectivity index (χ1n) is 8.79. The molecular formula is C19H21ClN6O2. The van der Waals surface area contributed by atoms with E-state index < -0.39 is 0 Å². The summed E-state index contributed by atoms with van der Waals surface area (Å²) in [5, 5.41) is 9.26. The second kappa shape index (κ2) is 8.71. The summed E-state index contributed by atoms with van der Waals surface area (Å²) in [6.07, 6.45) is 3.52. The van der Waals surface area contributed by atoms with E-state index in [1.54, 1.807) is 36.2 Å². The predicted octanol–water partition coefficient (Wildman–Crippen LogP) is 2.62. The van der Waals surface area contributed by atoms with E-state index in [9.17, 15) is 9.59 Å². The van der Waals surface area contributed by atoms with Crippen LogP contribution >= 0.6 is 11.6 Å². The van der Waals surface area contributed by atoms with Crippen LogP contribution in [0.1, 0.15) is 16.8 Å². The number of nitrogens with one attached hydrogen (secondary N) is 3. The number of anilines is 3. The molecule has 0 spiro atoms. The highest BCUT2D eigenvalue weighted by molar-refractivity contribution is 6.32. The molecule has 8 nitrogen and oxygen atoms in total. The Kier molecular flexibility index (Phi) is 6.10. The molecule has 2 amide bonds. The minimum Gasteiger partial charge on any atom is -0.372 e. The lowest BCUT2D eigenvalue weighted by Gasteiger charge is -2.17. The van der Waals surface area contributed by atoms with Gasteiger partial charge in [0.05, 0.1) is 6.20 Å². The number of aromatic nitrogens is 2. The van der Waals surface area contributed by atoms with Crippen LogP contribution in [0.4, 0.5) is 17.5 Å². The molecule has 1 fully saturated rings. The number of carbonyl (C=O) groups is 2. The van der Waals surface area contributed by atoms with Crippen molar-refractivity contribution in [3.63, 3.8) is 0 Å². The van der Waals surface area contributed by atoms with Gasteiger partial charge in [-0.2, -0.15) is 4.98 Å². The van der Waals surface area contributed by atoms with Gasteiger partial charge in [0.15, 0.2) is 0 Å². The molecule has 9 heteroatoms. The maximum atomic E-state index is 12.7. The highest BCUT2D eigenvalue weighted by Crippen LogP contribution is 2.21. The maximum Gasteiger partial charge on any atom is 0.253 e. The van der Waals surface area contributed by atoms with Gasteiger partial charge in [-0.3, -0.25) is 9.59 Å². The Morgan fingerprint density at radius 1 is 1.32 bits per heavy atom. The Morgan fingerprint density at radius 3 is 2.75 bits per heavy atom. The molecule has 1 aliphatic heterocycles. The van der Waals surface area contributed by atoms with Crippen LogP contribution < -0.4 is 16.0 Å². The van der Waals surface area contributed by atoms with Gasteiger partial charge in [0, 0.05) is 37.4 Å². The lowest BCUT2D eigenvalue weighted by atomic mass is 10.2. The highest BCUT2D eigenvalue weighted by atomic mass is 35.5. The van der Waals surface area contributed by atoms with Crippen LogP contribution in [0.2, 0.25) is 5.02 Å². The normalized spacial score (nSPS) is 15.8. The van der Waals surface area contributed by atoms with Gasteiger partial charge in [0.1, 0.15) is 10.8 Å². The first-order chi connectivity index (χ1) is 13.5. The van der Waals surface area contributed by atoms with Crippen molar-refractivity contribution in [2.45, 2.75) is 12.5 Å². The van der Waals surface area contributed by atoms with E-state index in [1.165, 1.54) is 12.3 Å². The zero-order chi connectivity index (χ0) is 20.1. The van der Waals surface area contributed by atoms with E-state index in [4.69, 9.17) is 11.6 Å². The number of likely N-dealkylation sites (tertiary alicyclic amines) is 1. The zero-order valence-corrected chi connectivity index (χ0v) is 16.2. The van der Waals surface area contributed by atoms with E-state index in [0.717, 1.165) is 6.42 Å². The summed E-state index contributed by atoms with van der Waals surface area (Å²) in [5.74, 6) is 0.668. The van der Waals surface area contributed by atoms with Crippen LogP contribution in [0.25, 0.3) is 0 Å². The smallest absolute Gasteiger partial charge is 0.253 e. The van der Waals surface area contributed by atoms with Gasteiger partial charge in [-0.25, -0.2) is 4.98 Å². The van der Waals surface area contributed by atoms with Crippen LogP contribution in [0, 0.1) is 0 Å². The van der Waals surface area contributed by atoms with Gasteiger partial charge in [0.25, 0.3) is 5.91 Å². The molecule has 3 N–H and O–H groups in total. The van der Waals surface area contributed by atoms with Crippen molar-refractivity contribution in [2.24, 2.45) is 0 Å². The van der Waals surface area contributed by atoms with Crippen molar-refractivity contribution < 1.29 is 9.59 Å². The molecule has 2 heterocycles. The molecule has 3 rings (SSSR count). The summed E-state index contributed by atoms with van der Waals surface area (Å²) in [5.41, 5.74) is 1.18. The number of hydrogen-bond acceptors (Lipinski definition) is 6. The third kappa shape index (κ3) is 4.58. The van der Waals surface area contributed by atoms with E-state index in [0.29, 0.717) is 41.1 Å². The minimum absolute atomic E-state index is 0.0565. The molecule has 2 aromatic rings. The molecule has 0 radical (unpaired) electrons. The van der Waals surface area contributed by atoms with Crippen LogP contribution in [0.3, 0.4) is 0 Å². The summed E-state index contributed by atoms with van der Waals surface area (Å²) in [7, 11) is 1.74. The third-order valence-electron chi connectivity index (χ3n) is 4.37. The van der Waals surface area contributed by atoms with E-state index in [2.05, 4.69) is 32.5 Å². The Labute approximate surface area is 168 Å². The zero-order valence-electron chi connectivity index (χ0n) is 15.4. The second-order valence-electron chi connectivity index (χ2n) is 6.29. The first kappa shape index (κ1) is 19.6. The van der Waals surface area contributed by atoms with E-state index in [1.807, 2.05) is 0 Å². The number of nitrogens with zero attached hydrogens (tertiary/aromatic N) is 3. The number of benzene rings is 1. The van der Waals surface area contributed by atoms with Crippen LogP contribution in [0.15, 0.2) is 43.1 Å². The fraction of sp³-hybridized carbons (Fsp3) is 0.263. The molecule has 0 saturated carbocycles. The summed E-state index contributed by atoms with van der Waals surface area (Å²) in [6, 6.07) is 6.84. The van der Waals surface area contributed by atoms with E-state index in [-0.39, 0.29) is 17.9 Å². The van der Waals surface area contributed by atoms with Gasteiger partial charge < -0.3 is 20.9 Å².